The number of hydrogen-bond donors (Lipinski definition) is 1. The highest BCUT2D eigenvalue weighted by Gasteiger charge is 2.17. The molecule has 0 saturated heterocycles. The van der Waals surface area contributed by atoms with Crippen LogP contribution in [0.4, 0.5) is 0 Å². The fraction of sp³-hybridized carbons (Fsp3) is 0.562. The van der Waals surface area contributed by atoms with Crippen molar-refractivity contribution >= 4 is 17.5 Å². The van der Waals surface area contributed by atoms with Crippen molar-refractivity contribution in [2.45, 2.75) is 31.7 Å². The van der Waals surface area contributed by atoms with Gasteiger partial charge in [0, 0.05) is 17.6 Å². The summed E-state index contributed by atoms with van der Waals surface area (Å²) < 4.78 is 5.61. The van der Waals surface area contributed by atoms with Crippen LogP contribution in [-0.4, -0.2) is 43.6 Å². The number of ether oxygens (including phenoxy) is 1. The maximum atomic E-state index is 11.9. The Labute approximate surface area is 131 Å². The SMILES string of the molecule is CN(CCOc1ccc(Cl)cc1)CC(=O)NC1CCCC1. The number of amides is 1. The molecule has 5 heteroatoms. The number of likely N-dealkylation sites (N-methyl/N-ethyl adjacent to an activating group) is 1. The van der Waals surface area contributed by atoms with Crippen molar-refractivity contribution in [3.8, 4) is 5.75 Å². The molecule has 21 heavy (non-hydrogen) atoms. The van der Waals surface area contributed by atoms with E-state index < -0.39 is 0 Å². The van der Waals surface area contributed by atoms with E-state index in [1.54, 1.807) is 12.1 Å². The Morgan fingerprint density at radius 3 is 2.67 bits per heavy atom. The summed E-state index contributed by atoms with van der Waals surface area (Å²) in [6, 6.07) is 7.67. The van der Waals surface area contributed by atoms with Crippen molar-refractivity contribution < 1.29 is 9.53 Å². The molecular formula is C16H23ClN2O2. The first-order chi connectivity index (χ1) is 10.1. The number of nitrogens with one attached hydrogen (secondary N) is 1. The van der Waals surface area contributed by atoms with Gasteiger partial charge in [0.2, 0.25) is 5.91 Å². The van der Waals surface area contributed by atoms with Crippen molar-refractivity contribution in [3.05, 3.63) is 29.3 Å². The second-order valence-electron chi connectivity index (χ2n) is 5.59. The Hall–Kier alpha value is -1.26. The van der Waals surface area contributed by atoms with E-state index >= 15 is 0 Å². The minimum atomic E-state index is 0.107. The zero-order valence-corrected chi connectivity index (χ0v) is 13.2. The van der Waals surface area contributed by atoms with Crippen LogP contribution in [0.2, 0.25) is 5.02 Å². The molecule has 4 nitrogen and oxygen atoms in total. The van der Waals surface area contributed by atoms with E-state index in [0.29, 0.717) is 30.8 Å². The molecule has 1 aromatic carbocycles. The third kappa shape index (κ3) is 5.94. The van der Waals surface area contributed by atoms with Crippen LogP contribution in [0.3, 0.4) is 0 Å². The van der Waals surface area contributed by atoms with E-state index in [2.05, 4.69) is 5.32 Å². The largest absolute Gasteiger partial charge is 0.492 e. The third-order valence-corrected chi connectivity index (χ3v) is 3.94. The van der Waals surface area contributed by atoms with Crippen molar-refractivity contribution in [2.24, 2.45) is 0 Å². The molecule has 0 radical (unpaired) electrons. The summed E-state index contributed by atoms with van der Waals surface area (Å²) in [4.78, 5) is 13.8. The molecule has 0 aliphatic heterocycles. The summed E-state index contributed by atoms with van der Waals surface area (Å²) in [5.74, 6) is 0.902. The van der Waals surface area contributed by atoms with Crippen LogP contribution in [0, 0.1) is 0 Å². The maximum absolute atomic E-state index is 11.9. The van der Waals surface area contributed by atoms with Crippen molar-refractivity contribution in [3.63, 3.8) is 0 Å². The third-order valence-electron chi connectivity index (χ3n) is 3.69. The first kappa shape index (κ1) is 16.1. The molecule has 2 rings (SSSR count). The van der Waals surface area contributed by atoms with Crippen LogP contribution in [0.1, 0.15) is 25.7 Å². The fourth-order valence-electron chi connectivity index (χ4n) is 2.52. The molecule has 1 saturated carbocycles. The van der Waals surface area contributed by atoms with E-state index in [4.69, 9.17) is 16.3 Å². The summed E-state index contributed by atoms with van der Waals surface area (Å²) in [6.07, 6.45) is 4.70. The van der Waals surface area contributed by atoms with Gasteiger partial charge >= 0.3 is 0 Å². The van der Waals surface area contributed by atoms with Gasteiger partial charge in [0.05, 0.1) is 6.54 Å². The van der Waals surface area contributed by atoms with Crippen LogP contribution >= 0.6 is 11.6 Å². The Morgan fingerprint density at radius 2 is 2.00 bits per heavy atom. The van der Waals surface area contributed by atoms with Crippen molar-refractivity contribution in [1.82, 2.24) is 10.2 Å². The number of carbonyl (C=O) groups is 1. The van der Waals surface area contributed by atoms with Gasteiger partial charge < -0.3 is 10.1 Å². The Bertz CT molecular complexity index is 444. The average Bonchev–Trinajstić information content (AvgIpc) is 2.93. The van der Waals surface area contributed by atoms with E-state index in [1.165, 1.54) is 12.8 Å². The molecule has 116 valence electrons. The Morgan fingerprint density at radius 1 is 1.33 bits per heavy atom. The van der Waals surface area contributed by atoms with Gasteiger partial charge in [-0.1, -0.05) is 24.4 Å². The van der Waals surface area contributed by atoms with E-state index in [1.807, 2.05) is 24.1 Å². The smallest absolute Gasteiger partial charge is 0.234 e. The highest BCUT2D eigenvalue weighted by molar-refractivity contribution is 6.30. The number of carbonyl (C=O) groups excluding carboxylic acids is 1. The van der Waals surface area contributed by atoms with Gasteiger partial charge in [0.15, 0.2) is 0 Å². The van der Waals surface area contributed by atoms with Gasteiger partial charge in [0.25, 0.3) is 0 Å². The average molecular weight is 311 g/mol. The number of halogens is 1. The lowest BCUT2D eigenvalue weighted by atomic mass is 10.2. The van der Waals surface area contributed by atoms with Crippen LogP contribution in [0.15, 0.2) is 24.3 Å². The molecule has 1 aliphatic rings. The van der Waals surface area contributed by atoms with E-state index in [0.717, 1.165) is 18.6 Å². The molecule has 1 amide bonds. The predicted octanol–water partition coefficient (Wildman–Crippen LogP) is 2.71. The minimum absolute atomic E-state index is 0.107. The standard InChI is InChI=1S/C16H23ClN2O2/c1-19(12-16(20)18-14-4-2-3-5-14)10-11-21-15-8-6-13(17)7-9-15/h6-9,14H,2-5,10-12H2,1H3,(H,18,20). The molecule has 1 fully saturated rings. The summed E-state index contributed by atoms with van der Waals surface area (Å²) >= 11 is 5.81. The van der Waals surface area contributed by atoms with Gasteiger partial charge in [-0.2, -0.15) is 0 Å². The molecule has 1 aliphatic carbocycles. The number of nitrogens with zero attached hydrogens (tertiary/aromatic N) is 1. The van der Waals surface area contributed by atoms with E-state index in [-0.39, 0.29) is 5.91 Å². The molecule has 0 unspecified atom stereocenters. The topological polar surface area (TPSA) is 41.6 Å². The number of benzene rings is 1. The Balaban J connectivity index is 1.61. The predicted molar refractivity (Wildman–Crippen MR) is 84.8 cm³/mol. The number of hydrogen-bond acceptors (Lipinski definition) is 3. The zero-order valence-electron chi connectivity index (χ0n) is 12.5. The van der Waals surface area contributed by atoms with Gasteiger partial charge in [-0.05, 0) is 44.2 Å². The van der Waals surface area contributed by atoms with Gasteiger partial charge in [-0.15, -0.1) is 0 Å². The van der Waals surface area contributed by atoms with Crippen molar-refractivity contribution in [1.29, 1.82) is 0 Å². The molecular weight excluding hydrogens is 288 g/mol. The maximum Gasteiger partial charge on any atom is 0.234 e. The second-order valence-corrected chi connectivity index (χ2v) is 6.03. The van der Waals surface area contributed by atoms with Crippen LogP contribution < -0.4 is 10.1 Å². The monoisotopic (exact) mass is 310 g/mol. The first-order valence-electron chi connectivity index (χ1n) is 7.50. The fourth-order valence-corrected chi connectivity index (χ4v) is 2.64. The van der Waals surface area contributed by atoms with Gasteiger partial charge in [-0.25, -0.2) is 0 Å². The zero-order chi connectivity index (χ0) is 15.1. The lowest BCUT2D eigenvalue weighted by Gasteiger charge is -2.18. The summed E-state index contributed by atoms with van der Waals surface area (Å²) in [7, 11) is 1.93. The minimum Gasteiger partial charge on any atom is -0.492 e. The molecule has 1 aromatic rings. The van der Waals surface area contributed by atoms with Crippen LogP contribution in [-0.2, 0) is 4.79 Å². The lowest BCUT2D eigenvalue weighted by molar-refractivity contribution is -0.122. The molecule has 1 N–H and O–H groups in total. The molecule has 0 spiro atoms. The van der Waals surface area contributed by atoms with Crippen LogP contribution in [0.25, 0.3) is 0 Å². The normalized spacial score (nSPS) is 15.4. The Kier molecular flexibility index (Phi) is 6.33. The number of rotatable bonds is 7. The summed E-state index contributed by atoms with van der Waals surface area (Å²) in [5, 5.41) is 3.79. The van der Waals surface area contributed by atoms with Crippen molar-refractivity contribution in [2.75, 3.05) is 26.7 Å². The van der Waals surface area contributed by atoms with Gasteiger partial charge in [-0.3, -0.25) is 9.69 Å². The highest BCUT2D eigenvalue weighted by atomic mass is 35.5. The highest BCUT2D eigenvalue weighted by Crippen LogP contribution is 2.17. The van der Waals surface area contributed by atoms with Gasteiger partial charge in [0.1, 0.15) is 12.4 Å². The molecule has 0 aromatic heterocycles. The first-order valence-corrected chi connectivity index (χ1v) is 7.87. The van der Waals surface area contributed by atoms with E-state index in [9.17, 15) is 4.79 Å². The molecule has 0 atom stereocenters. The van der Waals surface area contributed by atoms with Crippen LogP contribution in [0.5, 0.6) is 5.75 Å². The molecule has 0 bridgehead atoms. The second kappa shape index (κ2) is 8.25. The summed E-state index contributed by atoms with van der Waals surface area (Å²) in [5.41, 5.74) is 0. The lowest BCUT2D eigenvalue weighted by Crippen LogP contribution is -2.40. The quantitative estimate of drug-likeness (QED) is 0.842. The summed E-state index contributed by atoms with van der Waals surface area (Å²) in [6.45, 7) is 1.68. The molecule has 0 heterocycles.